The molecule has 1 rings (SSSR count). The molecule has 26 heavy (non-hydrogen) atoms. The van der Waals surface area contributed by atoms with E-state index in [2.05, 4.69) is 20.7 Å². The number of carbonyl (C=O) groups is 3. The number of hydrogen-bond donors (Lipinski definition) is 3. The van der Waals surface area contributed by atoms with Crippen molar-refractivity contribution >= 4 is 39.3 Å². The second-order valence-electron chi connectivity index (χ2n) is 5.96. The van der Waals surface area contributed by atoms with Crippen LogP contribution in [-0.4, -0.2) is 54.8 Å². The third-order valence-corrected chi connectivity index (χ3v) is 4.69. The Morgan fingerprint density at radius 2 is 1.88 bits per heavy atom. The highest BCUT2D eigenvalue weighted by atomic mass is 32.2. The van der Waals surface area contributed by atoms with Crippen molar-refractivity contribution in [3.63, 3.8) is 0 Å². The summed E-state index contributed by atoms with van der Waals surface area (Å²) in [7, 11) is -2.61. The molecule has 0 aromatic carbocycles. The number of sulfonamides is 1. The molecule has 0 saturated carbocycles. The van der Waals surface area contributed by atoms with Gasteiger partial charge in [0.1, 0.15) is 12.1 Å². The summed E-state index contributed by atoms with van der Waals surface area (Å²) in [5, 5.41) is 13.1. The molecule has 0 aliphatic heterocycles. The maximum Gasteiger partial charge on any atom is 0.408 e. The summed E-state index contributed by atoms with van der Waals surface area (Å²) in [4.78, 5) is 38.4. The number of aryl methyl sites for hydroxylation is 1. The van der Waals surface area contributed by atoms with Crippen LogP contribution in [0.5, 0.6) is 0 Å². The molecule has 0 radical (unpaired) electrons. The van der Waals surface area contributed by atoms with E-state index in [1.54, 1.807) is 20.8 Å². The average Bonchev–Trinajstić information content (AvgIpc) is 2.82. The SMILES string of the molecule is Cn1nc(S(N)(=O)=O)sc1=NC(=O)CNC(=O)CNC(=O)OC(C)(C)C. The molecule has 1 heterocycles. The molecule has 1 aromatic heterocycles. The minimum Gasteiger partial charge on any atom is -0.444 e. The molecule has 0 spiro atoms. The first-order valence-electron chi connectivity index (χ1n) is 7.16. The third kappa shape index (κ3) is 7.71. The van der Waals surface area contributed by atoms with Crippen LogP contribution in [0.15, 0.2) is 9.33 Å². The summed E-state index contributed by atoms with van der Waals surface area (Å²) in [6, 6.07) is 0. The number of aromatic nitrogens is 2. The van der Waals surface area contributed by atoms with Gasteiger partial charge in [-0.25, -0.2) is 23.0 Å². The van der Waals surface area contributed by atoms with Crippen LogP contribution < -0.4 is 20.6 Å². The Balaban J connectivity index is 2.56. The molecule has 14 heteroatoms. The summed E-state index contributed by atoms with van der Waals surface area (Å²) in [5.74, 6) is -1.37. The van der Waals surface area contributed by atoms with Crippen molar-refractivity contribution in [2.24, 2.45) is 17.2 Å². The molecule has 4 N–H and O–H groups in total. The normalized spacial score (nSPS) is 12.6. The van der Waals surface area contributed by atoms with Crippen molar-refractivity contribution in [1.29, 1.82) is 0 Å². The smallest absolute Gasteiger partial charge is 0.408 e. The molecule has 0 aliphatic rings. The number of hydrogen-bond acceptors (Lipinski definition) is 8. The topological polar surface area (TPSA) is 175 Å². The highest BCUT2D eigenvalue weighted by Gasteiger charge is 2.17. The Morgan fingerprint density at radius 1 is 1.27 bits per heavy atom. The first-order valence-corrected chi connectivity index (χ1v) is 9.52. The fourth-order valence-electron chi connectivity index (χ4n) is 1.39. The van der Waals surface area contributed by atoms with Crippen molar-refractivity contribution in [3.05, 3.63) is 4.80 Å². The fourth-order valence-corrected chi connectivity index (χ4v) is 2.95. The van der Waals surface area contributed by atoms with Gasteiger partial charge in [0.2, 0.25) is 15.0 Å². The van der Waals surface area contributed by atoms with E-state index in [1.807, 2.05) is 0 Å². The molecule has 0 bridgehead atoms. The average molecular weight is 408 g/mol. The van der Waals surface area contributed by atoms with E-state index >= 15 is 0 Å². The lowest BCUT2D eigenvalue weighted by atomic mass is 10.2. The van der Waals surface area contributed by atoms with E-state index < -0.39 is 44.4 Å². The molecule has 12 nitrogen and oxygen atoms in total. The molecular weight excluding hydrogens is 388 g/mol. The summed E-state index contributed by atoms with van der Waals surface area (Å²) in [5.41, 5.74) is -0.699. The van der Waals surface area contributed by atoms with Gasteiger partial charge < -0.3 is 15.4 Å². The molecule has 146 valence electrons. The summed E-state index contributed by atoms with van der Waals surface area (Å²) in [6.07, 6.45) is -0.768. The van der Waals surface area contributed by atoms with Gasteiger partial charge in [0, 0.05) is 7.05 Å². The van der Waals surface area contributed by atoms with Gasteiger partial charge in [0.05, 0.1) is 6.54 Å². The number of ether oxygens (including phenoxy) is 1. The minimum atomic E-state index is -4.00. The lowest BCUT2D eigenvalue weighted by Crippen LogP contribution is -2.41. The largest absolute Gasteiger partial charge is 0.444 e. The number of rotatable bonds is 5. The molecule has 0 unspecified atom stereocenters. The van der Waals surface area contributed by atoms with Crippen LogP contribution in [0.1, 0.15) is 20.8 Å². The summed E-state index contributed by atoms with van der Waals surface area (Å²) in [6.45, 7) is 4.19. The van der Waals surface area contributed by atoms with E-state index in [0.717, 1.165) is 4.68 Å². The van der Waals surface area contributed by atoms with Gasteiger partial charge in [0.25, 0.3) is 15.9 Å². The third-order valence-electron chi connectivity index (χ3n) is 2.38. The first kappa shape index (κ1) is 21.7. The quantitative estimate of drug-likeness (QED) is 0.515. The van der Waals surface area contributed by atoms with Gasteiger partial charge in [-0.1, -0.05) is 11.3 Å². The van der Waals surface area contributed by atoms with Crippen LogP contribution >= 0.6 is 11.3 Å². The molecule has 3 amide bonds. The highest BCUT2D eigenvalue weighted by molar-refractivity contribution is 7.91. The van der Waals surface area contributed by atoms with Crippen molar-refractivity contribution in [2.75, 3.05) is 13.1 Å². The van der Waals surface area contributed by atoms with Crippen molar-refractivity contribution in [2.45, 2.75) is 30.7 Å². The minimum absolute atomic E-state index is 0.000143. The van der Waals surface area contributed by atoms with Crippen molar-refractivity contribution in [3.8, 4) is 0 Å². The van der Waals surface area contributed by atoms with E-state index in [1.165, 1.54) is 7.05 Å². The molecule has 0 atom stereocenters. The maximum absolute atomic E-state index is 11.7. The Bertz CT molecular complexity index is 864. The van der Waals surface area contributed by atoms with Gasteiger partial charge in [-0.05, 0) is 20.8 Å². The number of primary sulfonamides is 1. The number of nitrogens with one attached hydrogen (secondary N) is 2. The predicted octanol–water partition coefficient (Wildman–Crippen LogP) is -1.80. The van der Waals surface area contributed by atoms with E-state index in [-0.39, 0.29) is 11.3 Å². The van der Waals surface area contributed by atoms with Crippen molar-refractivity contribution in [1.82, 2.24) is 20.4 Å². The summed E-state index contributed by atoms with van der Waals surface area (Å²) < 4.78 is 28.0. The Kier molecular flexibility index (Phi) is 7.00. The molecule has 1 aromatic rings. The lowest BCUT2D eigenvalue weighted by Gasteiger charge is -2.19. The molecule has 0 aliphatic carbocycles. The van der Waals surface area contributed by atoms with Crippen LogP contribution in [-0.2, 0) is 31.4 Å². The number of nitrogens with two attached hydrogens (primary N) is 1. The van der Waals surface area contributed by atoms with Gasteiger partial charge >= 0.3 is 6.09 Å². The highest BCUT2D eigenvalue weighted by Crippen LogP contribution is 2.06. The fraction of sp³-hybridized carbons (Fsp3) is 0.583. The van der Waals surface area contributed by atoms with Crippen LogP contribution in [0.3, 0.4) is 0 Å². The van der Waals surface area contributed by atoms with Gasteiger partial charge in [-0.3, -0.25) is 9.59 Å². The number of amides is 3. The van der Waals surface area contributed by atoms with E-state index in [4.69, 9.17) is 9.88 Å². The Labute approximate surface area is 153 Å². The summed E-state index contributed by atoms with van der Waals surface area (Å²) >= 11 is 0.614. The molecular formula is C12H20N6O6S2. The Morgan fingerprint density at radius 3 is 2.38 bits per heavy atom. The zero-order valence-corrected chi connectivity index (χ0v) is 16.2. The first-order chi connectivity index (χ1) is 11.8. The number of alkyl carbamates (subject to hydrolysis) is 1. The van der Waals surface area contributed by atoms with Crippen LogP contribution in [0, 0.1) is 0 Å². The van der Waals surface area contributed by atoms with E-state index in [0.29, 0.717) is 11.3 Å². The number of nitrogens with zero attached hydrogens (tertiary/aromatic N) is 3. The monoisotopic (exact) mass is 408 g/mol. The second kappa shape index (κ2) is 8.37. The van der Waals surface area contributed by atoms with Crippen LogP contribution in [0.4, 0.5) is 4.79 Å². The Hall–Kier alpha value is -2.32. The lowest BCUT2D eigenvalue weighted by molar-refractivity contribution is -0.124. The van der Waals surface area contributed by atoms with Gasteiger partial charge in [-0.15, -0.1) is 5.10 Å². The zero-order valence-electron chi connectivity index (χ0n) is 14.6. The van der Waals surface area contributed by atoms with Crippen LogP contribution in [0.25, 0.3) is 0 Å². The maximum atomic E-state index is 11.7. The van der Waals surface area contributed by atoms with Gasteiger partial charge in [-0.2, -0.15) is 4.99 Å². The molecule has 0 fully saturated rings. The zero-order chi connectivity index (χ0) is 20.1. The second-order valence-corrected chi connectivity index (χ2v) is 8.65. The predicted molar refractivity (Wildman–Crippen MR) is 90.3 cm³/mol. The van der Waals surface area contributed by atoms with Gasteiger partial charge in [0.15, 0.2) is 0 Å². The molecule has 0 saturated heterocycles. The van der Waals surface area contributed by atoms with Crippen molar-refractivity contribution < 1.29 is 27.5 Å². The van der Waals surface area contributed by atoms with E-state index in [9.17, 15) is 22.8 Å². The number of carbonyl (C=O) groups excluding carboxylic acids is 3. The standard InChI is InChI=1S/C12H20N6O6S2/c1-12(2,3)24-10(21)15-5-7(19)14-6-8(20)16-9-18(4)17-11(25-9)26(13,22)23/h5-6H2,1-4H3,(H,14,19)(H,15,21)(H2,13,22,23). The van der Waals surface area contributed by atoms with Crippen LogP contribution in [0.2, 0.25) is 0 Å².